The number of carbonyl (C=O) groups is 1. The van der Waals surface area contributed by atoms with Crippen LogP contribution >= 0.6 is 11.3 Å². The predicted molar refractivity (Wildman–Crippen MR) is 141 cm³/mol. The lowest BCUT2D eigenvalue weighted by Gasteiger charge is -2.18. The monoisotopic (exact) mass is 481 g/mol. The number of imidazole rings is 1. The largest absolute Gasteiger partial charge is 0.497 e. The zero-order valence-electron chi connectivity index (χ0n) is 19.6. The molecule has 0 fully saturated rings. The number of fused-ring (bicyclic) bond motifs is 1. The lowest BCUT2D eigenvalue weighted by molar-refractivity contribution is -0.120. The first-order chi connectivity index (χ1) is 17.2. The molecule has 6 heteroatoms. The normalized spacial score (nSPS) is 11.1. The van der Waals surface area contributed by atoms with Crippen molar-refractivity contribution in [2.75, 3.05) is 13.7 Å². The molecule has 0 atom stereocenters. The molecule has 0 spiro atoms. The van der Waals surface area contributed by atoms with Gasteiger partial charge < -0.3 is 10.1 Å². The summed E-state index contributed by atoms with van der Waals surface area (Å²) in [4.78, 5) is 18.4. The molecule has 0 aliphatic carbocycles. The van der Waals surface area contributed by atoms with Crippen LogP contribution in [-0.2, 0) is 11.2 Å². The van der Waals surface area contributed by atoms with Gasteiger partial charge in [-0.3, -0.25) is 9.20 Å². The Bertz CT molecular complexity index is 1370. The van der Waals surface area contributed by atoms with Crippen molar-refractivity contribution < 1.29 is 9.53 Å². The second-order valence-electron chi connectivity index (χ2n) is 8.43. The lowest BCUT2D eigenvalue weighted by Crippen LogP contribution is -2.27. The number of rotatable bonds is 9. The molecule has 35 heavy (non-hydrogen) atoms. The van der Waals surface area contributed by atoms with Gasteiger partial charge in [0.15, 0.2) is 4.96 Å². The zero-order valence-corrected chi connectivity index (χ0v) is 20.4. The van der Waals surface area contributed by atoms with Crippen molar-refractivity contribution in [3.8, 4) is 17.0 Å². The fourth-order valence-electron chi connectivity index (χ4n) is 4.36. The zero-order chi connectivity index (χ0) is 24.0. The molecule has 2 heterocycles. The third-order valence-electron chi connectivity index (χ3n) is 6.15. The molecule has 176 valence electrons. The smallest absolute Gasteiger partial charge is 0.225 e. The number of carbonyl (C=O) groups excluding carboxylic acids is 1. The average molecular weight is 482 g/mol. The van der Waals surface area contributed by atoms with Crippen molar-refractivity contribution in [2.24, 2.45) is 0 Å². The highest BCUT2D eigenvalue weighted by Gasteiger charge is 2.16. The Morgan fingerprint density at radius 1 is 1.00 bits per heavy atom. The van der Waals surface area contributed by atoms with Crippen LogP contribution < -0.4 is 10.1 Å². The third kappa shape index (κ3) is 5.28. The molecule has 5 aromatic rings. The Balaban J connectivity index is 1.24. The maximum atomic E-state index is 12.8. The number of aromatic nitrogens is 2. The summed E-state index contributed by atoms with van der Waals surface area (Å²) in [6.07, 6.45) is 3.14. The molecule has 0 aliphatic rings. The SMILES string of the molecule is COc1cccc(-c2cn3c(CC(=O)NCCC(c4ccccc4)c4ccccc4)csc3n2)c1. The van der Waals surface area contributed by atoms with E-state index in [9.17, 15) is 4.79 Å². The summed E-state index contributed by atoms with van der Waals surface area (Å²) in [5, 5.41) is 5.13. The summed E-state index contributed by atoms with van der Waals surface area (Å²) in [5.41, 5.74) is 5.31. The van der Waals surface area contributed by atoms with Crippen molar-refractivity contribution in [3.05, 3.63) is 113 Å². The molecule has 0 saturated carbocycles. The third-order valence-corrected chi connectivity index (χ3v) is 7.04. The van der Waals surface area contributed by atoms with Crippen LogP contribution in [0.1, 0.15) is 29.2 Å². The molecule has 0 unspecified atom stereocenters. The second kappa shape index (κ2) is 10.6. The van der Waals surface area contributed by atoms with Crippen molar-refractivity contribution >= 4 is 22.2 Å². The molecule has 5 nitrogen and oxygen atoms in total. The standard InChI is InChI=1S/C29H27N3O2S/c1-34-25-14-8-13-23(17-25)27-19-32-24(20-35-29(32)31-27)18-28(33)30-16-15-26(21-9-4-2-5-10-21)22-11-6-3-7-12-22/h2-14,17,19-20,26H,15-16,18H2,1H3,(H,30,33). The molecule has 0 saturated heterocycles. The van der Waals surface area contributed by atoms with Crippen LogP contribution in [0.3, 0.4) is 0 Å². The number of nitrogens with zero attached hydrogens (tertiary/aromatic N) is 2. The molecule has 3 aromatic carbocycles. The average Bonchev–Trinajstić information content (AvgIpc) is 3.50. The van der Waals surface area contributed by atoms with E-state index in [0.717, 1.165) is 34.1 Å². The van der Waals surface area contributed by atoms with E-state index in [0.29, 0.717) is 13.0 Å². The fourth-order valence-corrected chi connectivity index (χ4v) is 5.23. The van der Waals surface area contributed by atoms with Crippen molar-refractivity contribution in [3.63, 3.8) is 0 Å². The molecular formula is C29H27N3O2S. The minimum absolute atomic E-state index is 0.0150. The van der Waals surface area contributed by atoms with Crippen molar-refractivity contribution in [1.29, 1.82) is 0 Å². The minimum atomic E-state index is 0.0150. The summed E-state index contributed by atoms with van der Waals surface area (Å²) in [5.74, 6) is 1.05. The predicted octanol–water partition coefficient (Wildman–Crippen LogP) is 5.95. The molecule has 1 amide bonds. The van der Waals surface area contributed by atoms with Gasteiger partial charge in [0, 0.05) is 35.3 Å². The van der Waals surface area contributed by atoms with E-state index in [2.05, 4.69) is 53.8 Å². The van der Waals surface area contributed by atoms with Crippen LogP contribution in [0.25, 0.3) is 16.2 Å². The number of ether oxygens (including phenoxy) is 1. The van der Waals surface area contributed by atoms with Gasteiger partial charge in [0.1, 0.15) is 5.75 Å². The summed E-state index contributed by atoms with van der Waals surface area (Å²) in [7, 11) is 1.66. The maximum Gasteiger partial charge on any atom is 0.225 e. The quantitative estimate of drug-likeness (QED) is 0.283. The highest BCUT2D eigenvalue weighted by molar-refractivity contribution is 7.15. The van der Waals surface area contributed by atoms with Gasteiger partial charge in [0.05, 0.1) is 19.2 Å². The van der Waals surface area contributed by atoms with E-state index >= 15 is 0 Å². The summed E-state index contributed by atoms with van der Waals surface area (Å²) in [6.45, 7) is 0.611. The summed E-state index contributed by atoms with van der Waals surface area (Å²) < 4.78 is 7.34. The molecule has 2 aromatic heterocycles. The van der Waals surface area contributed by atoms with Gasteiger partial charge in [0.2, 0.25) is 5.91 Å². The van der Waals surface area contributed by atoms with E-state index in [1.54, 1.807) is 18.4 Å². The van der Waals surface area contributed by atoms with Crippen LogP contribution in [-0.4, -0.2) is 28.9 Å². The number of benzene rings is 3. The van der Waals surface area contributed by atoms with E-state index < -0.39 is 0 Å². The number of hydrogen-bond acceptors (Lipinski definition) is 4. The van der Waals surface area contributed by atoms with Gasteiger partial charge in [-0.1, -0.05) is 72.8 Å². The highest BCUT2D eigenvalue weighted by atomic mass is 32.1. The van der Waals surface area contributed by atoms with E-state index in [-0.39, 0.29) is 11.8 Å². The first-order valence-electron chi connectivity index (χ1n) is 11.7. The van der Waals surface area contributed by atoms with Gasteiger partial charge in [-0.15, -0.1) is 11.3 Å². The summed E-state index contributed by atoms with van der Waals surface area (Å²) in [6, 6.07) is 28.8. The van der Waals surface area contributed by atoms with Crippen molar-refractivity contribution in [2.45, 2.75) is 18.8 Å². The molecular weight excluding hydrogens is 454 g/mol. The molecule has 0 radical (unpaired) electrons. The van der Waals surface area contributed by atoms with Crippen molar-refractivity contribution in [1.82, 2.24) is 14.7 Å². The molecule has 0 bridgehead atoms. The Morgan fingerprint density at radius 3 is 2.40 bits per heavy atom. The van der Waals surface area contributed by atoms with E-state index in [1.165, 1.54) is 11.1 Å². The molecule has 1 N–H and O–H groups in total. The molecule has 0 aliphatic heterocycles. The van der Waals surface area contributed by atoms with E-state index in [4.69, 9.17) is 9.72 Å². The van der Waals surface area contributed by atoms with Gasteiger partial charge in [-0.05, 0) is 29.7 Å². The van der Waals surface area contributed by atoms with Gasteiger partial charge in [0.25, 0.3) is 0 Å². The van der Waals surface area contributed by atoms with E-state index in [1.807, 2.05) is 52.4 Å². The Morgan fingerprint density at radius 2 is 1.71 bits per heavy atom. The Labute approximate surface area is 209 Å². The van der Waals surface area contributed by atoms with Crippen LogP contribution in [0.2, 0.25) is 0 Å². The van der Waals surface area contributed by atoms with Gasteiger partial charge >= 0.3 is 0 Å². The highest BCUT2D eigenvalue weighted by Crippen LogP contribution is 2.28. The number of thiazole rings is 1. The fraction of sp³-hybridized carbons (Fsp3) is 0.172. The summed E-state index contributed by atoms with van der Waals surface area (Å²) >= 11 is 1.55. The Kier molecular flexibility index (Phi) is 6.91. The first-order valence-corrected chi connectivity index (χ1v) is 12.6. The Hall–Kier alpha value is -3.90. The molecule has 5 rings (SSSR count). The number of amides is 1. The van der Waals surface area contributed by atoms with Gasteiger partial charge in [-0.25, -0.2) is 4.98 Å². The van der Waals surface area contributed by atoms with Crippen LogP contribution in [0.5, 0.6) is 5.75 Å². The van der Waals surface area contributed by atoms with Crippen LogP contribution in [0.4, 0.5) is 0 Å². The first kappa shape index (κ1) is 22.9. The number of nitrogens with one attached hydrogen (secondary N) is 1. The maximum absolute atomic E-state index is 12.8. The van der Waals surface area contributed by atoms with Gasteiger partial charge in [-0.2, -0.15) is 0 Å². The topological polar surface area (TPSA) is 55.6 Å². The van der Waals surface area contributed by atoms with Crippen LogP contribution in [0, 0.1) is 0 Å². The minimum Gasteiger partial charge on any atom is -0.497 e. The lowest BCUT2D eigenvalue weighted by atomic mass is 9.88. The second-order valence-corrected chi connectivity index (χ2v) is 9.26. The number of methoxy groups -OCH3 is 1. The number of hydrogen-bond donors (Lipinski definition) is 1. The van der Waals surface area contributed by atoms with Crippen LogP contribution in [0.15, 0.2) is 96.5 Å².